The summed E-state index contributed by atoms with van der Waals surface area (Å²) in [5, 5.41) is 10.1. The van der Waals surface area contributed by atoms with Gasteiger partial charge in [0.05, 0.1) is 0 Å². The van der Waals surface area contributed by atoms with E-state index in [-0.39, 0.29) is 5.88 Å². The van der Waals surface area contributed by atoms with E-state index in [1.165, 1.54) is 21.8 Å². The molecule has 6 heavy (non-hydrogen) atoms. The van der Waals surface area contributed by atoms with E-state index in [1.54, 1.807) is 5.41 Å². The maximum absolute atomic E-state index is 8.44. The maximum Gasteiger partial charge on any atom is 0.202 e. The Bertz CT molecular complexity index is 81.6. The topological polar surface area (TPSA) is 32.3 Å². The van der Waals surface area contributed by atoms with Crippen molar-refractivity contribution in [1.82, 2.24) is 4.72 Å². The first-order valence-corrected chi connectivity index (χ1v) is 3.58. The number of hydrogen-bond donors (Lipinski definition) is 2. The summed E-state index contributed by atoms with van der Waals surface area (Å²) < 4.78 is 2.62. The third-order valence-electron chi connectivity index (χ3n) is 0.354. The van der Waals surface area contributed by atoms with E-state index in [1.807, 2.05) is 0 Å². The maximum atomic E-state index is 8.44. The van der Waals surface area contributed by atoms with Crippen LogP contribution >= 0.6 is 21.8 Å². The van der Waals surface area contributed by atoms with Gasteiger partial charge in [0.15, 0.2) is 0 Å². The quantitative estimate of drug-likeness (QED) is 0.373. The van der Waals surface area contributed by atoms with Crippen molar-refractivity contribution in [3.63, 3.8) is 0 Å². The van der Waals surface area contributed by atoms with Crippen molar-refractivity contribution >= 4 is 21.8 Å². The van der Waals surface area contributed by atoms with Gasteiger partial charge < -0.3 is 5.11 Å². The summed E-state index contributed by atoms with van der Waals surface area (Å²) in [5.41, 5.74) is 0. The smallest absolute Gasteiger partial charge is 0.202 e. The molecule has 0 spiro atoms. The molecule has 2 nitrogen and oxygen atoms in total. The standard InChI is InChI=1S/C2H3NOS2/c4-2-1-5-6-3-2/h1,3-4H. The highest BCUT2D eigenvalue weighted by Crippen LogP contribution is 2.26. The summed E-state index contributed by atoms with van der Waals surface area (Å²) in [6.07, 6.45) is 0. The number of aliphatic hydroxyl groups excluding tert-OH is 1. The van der Waals surface area contributed by atoms with Gasteiger partial charge in [-0.05, 0) is 10.8 Å². The molecule has 0 aliphatic carbocycles. The van der Waals surface area contributed by atoms with Crippen molar-refractivity contribution in [2.75, 3.05) is 0 Å². The van der Waals surface area contributed by atoms with Crippen LogP contribution in [0.15, 0.2) is 11.3 Å². The molecule has 0 radical (unpaired) electrons. The van der Waals surface area contributed by atoms with Crippen LogP contribution in [-0.2, 0) is 0 Å². The zero-order chi connectivity index (χ0) is 4.41. The number of nitrogens with one attached hydrogen (secondary N) is 1. The van der Waals surface area contributed by atoms with Crippen molar-refractivity contribution < 1.29 is 5.11 Å². The van der Waals surface area contributed by atoms with Gasteiger partial charge in [-0.2, -0.15) is 0 Å². The van der Waals surface area contributed by atoms with Gasteiger partial charge in [-0.3, -0.25) is 4.72 Å². The van der Waals surface area contributed by atoms with Crippen molar-refractivity contribution in [1.29, 1.82) is 0 Å². The third-order valence-corrected chi connectivity index (χ3v) is 1.89. The van der Waals surface area contributed by atoms with Crippen LogP contribution in [-0.4, -0.2) is 5.11 Å². The van der Waals surface area contributed by atoms with Gasteiger partial charge in [-0.15, -0.1) is 0 Å². The van der Waals surface area contributed by atoms with Gasteiger partial charge in [-0.1, -0.05) is 0 Å². The summed E-state index contributed by atoms with van der Waals surface area (Å²) in [5.74, 6) is 0.255. The molecule has 0 amide bonds. The molecule has 4 heteroatoms. The molecule has 0 unspecified atom stereocenters. The minimum Gasteiger partial charge on any atom is -0.494 e. The van der Waals surface area contributed by atoms with Gasteiger partial charge in [0.2, 0.25) is 5.88 Å². The molecule has 1 rings (SSSR count). The Morgan fingerprint density at radius 2 is 2.67 bits per heavy atom. The molecule has 0 aromatic carbocycles. The second kappa shape index (κ2) is 1.66. The van der Waals surface area contributed by atoms with Crippen molar-refractivity contribution in [2.45, 2.75) is 0 Å². The van der Waals surface area contributed by atoms with Crippen LogP contribution < -0.4 is 4.72 Å². The highest BCUT2D eigenvalue weighted by molar-refractivity contribution is 8.77. The average molecular weight is 121 g/mol. The molecule has 0 fully saturated rings. The van der Waals surface area contributed by atoms with Crippen LogP contribution in [0.4, 0.5) is 0 Å². The molecule has 0 saturated heterocycles. The number of aliphatic hydroxyl groups is 1. The lowest BCUT2D eigenvalue weighted by molar-refractivity contribution is 0.397. The average Bonchev–Trinajstić information content (AvgIpc) is 1.86. The Balaban J connectivity index is 2.45. The van der Waals surface area contributed by atoms with Gasteiger partial charge in [0.1, 0.15) is 0 Å². The van der Waals surface area contributed by atoms with Crippen LogP contribution in [0.3, 0.4) is 0 Å². The first kappa shape index (κ1) is 4.21. The number of hydrogen-bond acceptors (Lipinski definition) is 4. The second-order valence-electron chi connectivity index (χ2n) is 0.785. The largest absolute Gasteiger partial charge is 0.494 e. The van der Waals surface area contributed by atoms with Crippen LogP contribution in [0.5, 0.6) is 0 Å². The van der Waals surface area contributed by atoms with Crippen LogP contribution in [0, 0.1) is 0 Å². The Hall–Kier alpha value is 0.0400. The summed E-state index contributed by atoms with van der Waals surface area (Å²) in [6, 6.07) is 0. The molecule has 1 heterocycles. The molecule has 34 valence electrons. The molecule has 0 aromatic rings. The van der Waals surface area contributed by atoms with E-state index >= 15 is 0 Å². The summed E-state index contributed by atoms with van der Waals surface area (Å²) >= 11 is 0. The highest BCUT2D eigenvalue weighted by Gasteiger charge is 1.97. The van der Waals surface area contributed by atoms with Crippen LogP contribution in [0.25, 0.3) is 0 Å². The fourth-order valence-corrected chi connectivity index (χ4v) is 1.44. The van der Waals surface area contributed by atoms with E-state index in [0.29, 0.717) is 0 Å². The fraction of sp³-hybridized carbons (Fsp3) is 0. The molecule has 0 saturated carbocycles. The third kappa shape index (κ3) is 0.753. The molecule has 1 aliphatic rings. The molecular weight excluding hydrogens is 118 g/mol. The number of rotatable bonds is 0. The van der Waals surface area contributed by atoms with Gasteiger partial charge >= 0.3 is 0 Å². The monoisotopic (exact) mass is 121 g/mol. The predicted octanol–water partition coefficient (Wildman–Crippen LogP) is 1.24. The van der Waals surface area contributed by atoms with E-state index < -0.39 is 0 Å². The lowest BCUT2D eigenvalue weighted by Gasteiger charge is -1.84. The minimum absolute atomic E-state index is 0.255. The van der Waals surface area contributed by atoms with E-state index in [2.05, 4.69) is 4.72 Å². The first-order chi connectivity index (χ1) is 2.89. The molecule has 0 atom stereocenters. The molecule has 0 aromatic heterocycles. The van der Waals surface area contributed by atoms with Gasteiger partial charge in [0, 0.05) is 16.4 Å². The van der Waals surface area contributed by atoms with E-state index in [4.69, 9.17) is 5.11 Å². The summed E-state index contributed by atoms with van der Waals surface area (Å²) in [6.45, 7) is 0. The first-order valence-electron chi connectivity index (χ1n) is 1.37. The van der Waals surface area contributed by atoms with Crippen LogP contribution in [0.1, 0.15) is 0 Å². The van der Waals surface area contributed by atoms with Crippen molar-refractivity contribution in [2.24, 2.45) is 0 Å². The zero-order valence-corrected chi connectivity index (χ0v) is 4.47. The lowest BCUT2D eigenvalue weighted by atomic mass is 11.0. The second-order valence-corrected chi connectivity index (χ2v) is 2.66. The minimum atomic E-state index is 0.255. The highest BCUT2D eigenvalue weighted by atomic mass is 33.1. The molecular formula is C2H3NOS2. The van der Waals surface area contributed by atoms with Crippen molar-refractivity contribution in [3.05, 3.63) is 11.3 Å². The SMILES string of the molecule is OC1=CSSN1. The molecule has 1 aliphatic heterocycles. The summed E-state index contributed by atoms with van der Waals surface area (Å²) in [7, 11) is 2.88. The van der Waals surface area contributed by atoms with E-state index in [9.17, 15) is 0 Å². The summed E-state index contributed by atoms with van der Waals surface area (Å²) in [4.78, 5) is 0. The van der Waals surface area contributed by atoms with Crippen LogP contribution in [0.2, 0.25) is 0 Å². The van der Waals surface area contributed by atoms with Gasteiger partial charge in [0.25, 0.3) is 0 Å². The Labute approximate surface area is 43.5 Å². The lowest BCUT2D eigenvalue weighted by Crippen LogP contribution is -1.92. The normalized spacial score (nSPS) is 19.7. The molecule has 2 N–H and O–H groups in total. The Morgan fingerprint density at radius 1 is 1.83 bits per heavy atom. The Kier molecular flexibility index (Phi) is 1.16. The zero-order valence-electron chi connectivity index (χ0n) is 2.84. The van der Waals surface area contributed by atoms with E-state index in [0.717, 1.165) is 0 Å². The van der Waals surface area contributed by atoms with Crippen molar-refractivity contribution in [3.8, 4) is 0 Å². The fourth-order valence-electron chi connectivity index (χ4n) is 0.160. The predicted molar refractivity (Wildman–Crippen MR) is 29.0 cm³/mol. The molecule has 0 bridgehead atoms. The Morgan fingerprint density at radius 3 is 2.83 bits per heavy atom. The van der Waals surface area contributed by atoms with Gasteiger partial charge in [-0.25, -0.2) is 0 Å².